The molecule has 17 heavy (non-hydrogen) atoms. The Morgan fingerprint density at radius 1 is 1.59 bits per heavy atom. The first kappa shape index (κ1) is 11.0. The maximum Gasteiger partial charge on any atom is 0.264 e. The van der Waals surface area contributed by atoms with Crippen molar-refractivity contribution in [1.29, 1.82) is 0 Å². The zero-order valence-corrected chi connectivity index (χ0v) is 10.6. The lowest BCUT2D eigenvalue weighted by Crippen LogP contribution is -2.64. The molecule has 92 valence electrons. The molecule has 3 N–H and O–H groups in total. The molecule has 0 spiro atoms. The van der Waals surface area contributed by atoms with Crippen molar-refractivity contribution in [3.63, 3.8) is 0 Å². The highest BCUT2D eigenvalue weighted by atomic mass is 32.1. The number of carbonyl (C=O) groups excluding carboxylic acids is 1. The van der Waals surface area contributed by atoms with Crippen LogP contribution in [0.5, 0.6) is 0 Å². The predicted molar refractivity (Wildman–Crippen MR) is 67.0 cm³/mol. The van der Waals surface area contributed by atoms with Crippen molar-refractivity contribution in [1.82, 2.24) is 4.90 Å². The topological polar surface area (TPSA) is 66.6 Å². The number of nitrogen functional groups attached to an aromatic ring is 1. The molecular weight excluding hydrogens is 236 g/mol. The number of rotatable bonds is 2. The third-order valence-corrected chi connectivity index (χ3v) is 4.78. The van der Waals surface area contributed by atoms with Crippen LogP contribution in [0.3, 0.4) is 0 Å². The van der Waals surface area contributed by atoms with Crippen LogP contribution in [0.15, 0.2) is 6.07 Å². The van der Waals surface area contributed by atoms with Gasteiger partial charge in [-0.3, -0.25) is 4.79 Å². The van der Waals surface area contributed by atoms with Gasteiger partial charge in [-0.15, -0.1) is 11.3 Å². The maximum absolute atomic E-state index is 12.1. The number of thiophene rings is 1. The fourth-order valence-electron chi connectivity index (χ4n) is 2.39. The van der Waals surface area contributed by atoms with Gasteiger partial charge < -0.3 is 15.7 Å². The van der Waals surface area contributed by atoms with E-state index in [2.05, 4.69) is 0 Å². The van der Waals surface area contributed by atoms with E-state index in [1.807, 2.05) is 6.92 Å². The molecular formula is C12H16N2O2S. The zero-order chi connectivity index (χ0) is 12.2. The van der Waals surface area contributed by atoms with Gasteiger partial charge in [-0.25, -0.2) is 0 Å². The Morgan fingerprint density at radius 3 is 2.71 bits per heavy atom. The molecule has 0 bridgehead atoms. The van der Waals surface area contributed by atoms with Crippen molar-refractivity contribution in [3.8, 4) is 0 Å². The molecule has 1 aromatic heterocycles. The van der Waals surface area contributed by atoms with E-state index in [1.165, 1.54) is 11.3 Å². The summed E-state index contributed by atoms with van der Waals surface area (Å²) < 4.78 is 0. The highest BCUT2D eigenvalue weighted by molar-refractivity contribution is 7.14. The molecule has 2 fully saturated rings. The smallest absolute Gasteiger partial charge is 0.264 e. The van der Waals surface area contributed by atoms with Gasteiger partial charge in [0.05, 0.1) is 18.0 Å². The second-order valence-electron chi connectivity index (χ2n) is 5.16. The average Bonchev–Trinajstić information content (AvgIpc) is 3.02. The molecule has 1 aliphatic heterocycles. The molecule has 2 heterocycles. The van der Waals surface area contributed by atoms with Crippen molar-refractivity contribution in [3.05, 3.63) is 15.8 Å². The van der Waals surface area contributed by atoms with Gasteiger partial charge in [0, 0.05) is 10.6 Å². The van der Waals surface area contributed by atoms with Crippen LogP contribution in [0.1, 0.15) is 27.4 Å². The van der Waals surface area contributed by atoms with E-state index in [0.717, 1.165) is 17.7 Å². The normalized spacial score (nSPS) is 22.4. The molecule has 0 unspecified atom stereocenters. The van der Waals surface area contributed by atoms with E-state index in [-0.39, 0.29) is 5.91 Å². The number of nitrogens with two attached hydrogens (primary N) is 1. The first-order chi connectivity index (χ1) is 7.99. The molecule has 4 nitrogen and oxygen atoms in total. The molecule has 1 saturated heterocycles. The van der Waals surface area contributed by atoms with E-state index < -0.39 is 5.60 Å². The molecule has 5 heteroatoms. The first-order valence-corrected chi connectivity index (χ1v) is 6.69. The van der Waals surface area contributed by atoms with Crippen molar-refractivity contribution >= 4 is 22.9 Å². The number of likely N-dealkylation sites (tertiary alicyclic amines) is 1. The Morgan fingerprint density at radius 2 is 2.24 bits per heavy atom. The summed E-state index contributed by atoms with van der Waals surface area (Å²) in [6.45, 7) is 2.87. The third kappa shape index (κ3) is 1.73. The number of hydrogen-bond acceptors (Lipinski definition) is 4. The Labute approximate surface area is 104 Å². The van der Waals surface area contributed by atoms with Crippen molar-refractivity contribution in [2.24, 2.45) is 5.92 Å². The summed E-state index contributed by atoms with van der Waals surface area (Å²) >= 11 is 1.43. The first-order valence-electron chi connectivity index (χ1n) is 5.87. The largest absolute Gasteiger partial charge is 0.398 e. The van der Waals surface area contributed by atoms with E-state index in [9.17, 15) is 9.90 Å². The quantitative estimate of drug-likeness (QED) is 0.832. The predicted octanol–water partition coefficient (Wildman–Crippen LogP) is 1.24. The minimum atomic E-state index is -0.604. The lowest BCUT2D eigenvalue weighted by atomic mass is 9.88. The zero-order valence-electron chi connectivity index (χ0n) is 9.77. The Bertz CT molecular complexity index is 453. The number of hydrogen-bond donors (Lipinski definition) is 2. The van der Waals surface area contributed by atoms with Crippen LogP contribution in [0.25, 0.3) is 0 Å². The van der Waals surface area contributed by atoms with Crippen LogP contribution in [0.4, 0.5) is 5.69 Å². The molecule has 0 radical (unpaired) electrons. The van der Waals surface area contributed by atoms with E-state index in [4.69, 9.17) is 5.73 Å². The van der Waals surface area contributed by atoms with Crippen molar-refractivity contribution in [2.45, 2.75) is 25.4 Å². The lowest BCUT2D eigenvalue weighted by Gasteiger charge is -2.46. The molecule has 0 atom stereocenters. The molecule has 1 aliphatic carbocycles. The summed E-state index contributed by atoms with van der Waals surface area (Å²) in [4.78, 5) is 15.5. The Hall–Kier alpha value is -1.07. The average molecular weight is 252 g/mol. The molecule has 3 rings (SSSR count). The van der Waals surface area contributed by atoms with Crippen LogP contribution in [0, 0.1) is 12.8 Å². The molecule has 2 aliphatic rings. The standard InChI is InChI=1S/C12H16N2O2S/c1-7-9(13)4-10(17-7)11(15)14-5-12(16,6-14)8-2-3-8/h4,8,16H,2-3,5-6,13H2,1H3. The number of nitrogens with zero attached hydrogens (tertiary/aromatic N) is 1. The van der Waals surface area contributed by atoms with Gasteiger partial charge >= 0.3 is 0 Å². The minimum Gasteiger partial charge on any atom is -0.398 e. The number of amides is 1. The van der Waals surface area contributed by atoms with Gasteiger partial charge in [0.25, 0.3) is 5.91 Å². The maximum atomic E-state index is 12.1. The van der Waals surface area contributed by atoms with E-state index >= 15 is 0 Å². The number of aryl methyl sites for hydroxylation is 1. The second-order valence-corrected chi connectivity index (χ2v) is 6.42. The highest BCUT2D eigenvalue weighted by Gasteiger charge is 2.53. The highest BCUT2D eigenvalue weighted by Crippen LogP contribution is 2.45. The van der Waals surface area contributed by atoms with Crippen molar-refractivity contribution in [2.75, 3.05) is 18.8 Å². The molecule has 1 amide bonds. The molecule has 0 aromatic carbocycles. The van der Waals surface area contributed by atoms with E-state index in [1.54, 1.807) is 11.0 Å². The molecule has 1 saturated carbocycles. The molecule has 1 aromatic rings. The monoisotopic (exact) mass is 252 g/mol. The SMILES string of the molecule is Cc1sc(C(=O)N2CC(O)(C3CC3)C2)cc1N. The van der Waals surface area contributed by atoms with Gasteiger partial charge in [0.15, 0.2) is 0 Å². The minimum absolute atomic E-state index is 0.000116. The fraction of sp³-hybridized carbons (Fsp3) is 0.583. The number of β-amino-alcohol motifs (C(OH)–C–C–N with tert-alkyl or cyclic N) is 1. The van der Waals surface area contributed by atoms with Crippen LogP contribution in [-0.2, 0) is 0 Å². The number of carbonyl (C=O) groups is 1. The summed E-state index contributed by atoms with van der Waals surface area (Å²) in [5.41, 5.74) is 5.81. The van der Waals surface area contributed by atoms with Crippen molar-refractivity contribution < 1.29 is 9.90 Å². The van der Waals surface area contributed by atoms with Gasteiger partial charge in [0.1, 0.15) is 5.60 Å². The Kier molecular flexibility index (Phi) is 2.25. The second kappa shape index (κ2) is 3.46. The van der Waals surface area contributed by atoms with Gasteiger partial charge in [-0.05, 0) is 31.7 Å². The summed E-state index contributed by atoms with van der Waals surface area (Å²) in [7, 11) is 0. The van der Waals surface area contributed by atoms with E-state index in [0.29, 0.717) is 29.6 Å². The fourth-order valence-corrected chi connectivity index (χ4v) is 3.30. The van der Waals surface area contributed by atoms with Crippen LogP contribution in [0.2, 0.25) is 0 Å². The van der Waals surface area contributed by atoms with Crippen LogP contribution >= 0.6 is 11.3 Å². The van der Waals surface area contributed by atoms with Gasteiger partial charge in [-0.2, -0.15) is 0 Å². The summed E-state index contributed by atoms with van der Waals surface area (Å²) in [6, 6.07) is 1.73. The number of aliphatic hydroxyl groups is 1. The number of anilines is 1. The third-order valence-electron chi connectivity index (χ3n) is 3.72. The summed E-state index contributed by atoms with van der Waals surface area (Å²) in [6.07, 6.45) is 2.20. The van der Waals surface area contributed by atoms with Gasteiger partial charge in [-0.1, -0.05) is 0 Å². The van der Waals surface area contributed by atoms with Crippen LogP contribution < -0.4 is 5.73 Å². The Balaban J connectivity index is 1.68. The van der Waals surface area contributed by atoms with Crippen LogP contribution in [-0.4, -0.2) is 34.6 Å². The lowest BCUT2D eigenvalue weighted by molar-refractivity contribution is -0.0956. The summed E-state index contributed by atoms with van der Waals surface area (Å²) in [5, 5.41) is 10.2. The summed E-state index contributed by atoms with van der Waals surface area (Å²) in [5.74, 6) is 0.418. The van der Waals surface area contributed by atoms with Gasteiger partial charge in [0.2, 0.25) is 0 Å².